The Hall–Kier alpha value is -1.61. The quantitative estimate of drug-likeness (QED) is 0.328. The number of carbonyl (C=O) groups is 1. The normalized spacial score (nSPS) is 10.7. The number of benzene rings is 1. The van der Waals surface area contributed by atoms with Crippen LogP contribution >= 0.6 is 35.3 Å². The van der Waals surface area contributed by atoms with Gasteiger partial charge in [-0.3, -0.25) is 4.79 Å². The molecule has 0 spiro atoms. The molecule has 0 unspecified atom stereocenters. The van der Waals surface area contributed by atoms with Crippen LogP contribution in [0.15, 0.2) is 46.8 Å². The number of halogens is 1. The van der Waals surface area contributed by atoms with E-state index in [1.165, 1.54) is 17.4 Å². The van der Waals surface area contributed by atoms with Gasteiger partial charge in [-0.05, 0) is 42.5 Å². The highest BCUT2D eigenvalue weighted by Crippen LogP contribution is 2.10. The van der Waals surface area contributed by atoms with E-state index in [0.717, 1.165) is 31.2 Å². The van der Waals surface area contributed by atoms with Crippen molar-refractivity contribution >= 4 is 52.9 Å². The molecule has 2 rings (SSSR count). The highest BCUT2D eigenvalue weighted by Gasteiger charge is 2.00. The summed E-state index contributed by atoms with van der Waals surface area (Å²) in [6.45, 7) is 5.90. The van der Waals surface area contributed by atoms with Gasteiger partial charge in [-0.25, -0.2) is 4.99 Å². The number of hydrogen-bond donors (Lipinski definition) is 3. The largest absolute Gasteiger partial charge is 0.357 e. The smallest absolute Gasteiger partial charge is 0.221 e. The summed E-state index contributed by atoms with van der Waals surface area (Å²) in [6, 6.07) is 12.0. The first-order chi connectivity index (χ1) is 11.7. The van der Waals surface area contributed by atoms with Crippen molar-refractivity contribution < 1.29 is 4.79 Å². The third-order valence-electron chi connectivity index (χ3n) is 3.30. The van der Waals surface area contributed by atoms with Crippen LogP contribution in [0.2, 0.25) is 0 Å². The highest BCUT2D eigenvalue weighted by molar-refractivity contribution is 14.0. The molecule has 0 aliphatic heterocycles. The fourth-order valence-electron chi connectivity index (χ4n) is 2.18. The van der Waals surface area contributed by atoms with Gasteiger partial charge in [0.2, 0.25) is 5.91 Å². The lowest BCUT2D eigenvalue weighted by atomic mass is 10.1. The van der Waals surface area contributed by atoms with Crippen LogP contribution in [0.4, 0.5) is 5.69 Å². The predicted octanol–water partition coefficient (Wildman–Crippen LogP) is 3.62. The fraction of sp³-hybridized carbons (Fsp3) is 0.333. The first-order valence-corrected chi connectivity index (χ1v) is 8.96. The monoisotopic (exact) mass is 472 g/mol. The van der Waals surface area contributed by atoms with Crippen molar-refractivity contribution in [1.29, 1.82) is 0 Å². The lowest BCUT2D eigenvalue weighted by Gasteiger charge is -2.11. The second kappa shape index (κ2) is 11.9. The van der Waals surface area contributed by atoms with E-state index < -0.39 is 0 Å². The van der Waals surface area contributed by atoms with E-state index in [9.17, 15) is 4.79 Å². The molecular formula is C18H25IN4OS. The predicted molar refractivity (Wildman–Crippen MR) is 117 cm³/mol. The van der Waals surface area contributed by atoms with Crippen LogP contribution in [-0.2, 0) is 17.8 Å². The van der Waals surface area contributed by atoms with Gasteiger partial charge in [-0.2, -0.15) is 0 Å². The number of nitrogens with one attached hydrogen (secondary N) is 3. The van der Waals surface area contributed by atoms with E-state index in [4.69, 9.17) is 0 Å². The molecule has 0 saturated carbocycles. The molecule has 5 nitrogen and oxygen atoms in total. The summed E-state index contributed by atoms with van der Waals surface area (Å²) in [5.41, 5.74) is 2.04. The van der Waals surface area contributed by atoms with Gasteiger partial charge >= 0.3 is 0 Å². The van der Waals surface area contributed by atoms with E-state index in [0.29, 0.717) is 6.54 Å². The van der Waals surface area contributed by atoms with Crippen LogP contribution in [0.25, 0.3) is 0 Å². The minimum atomic E-state index is -0.0540. The molecule has 1 heterocycles. The minimum Gasteiger partial charge on any atom is -0.357 e. The number of anilines is 1. The van der Waals surface area contributed by atoms with E-state index in [2.05, 4.69) is 39.3 Å². The van der Waals surface area contributed by atoms with Crippen LogP contribution < -0.4 is 16.0 Å². The summed E-state index contributed by atoms with van der Waals surface area (Å²) in [5.74, 6) is 0.780. The standard InChI is InChI=1S/C18H24N4OS.HI/c1-3-19-18(21-13-17-5-4-12-24-17)20-11-10-15-6-8-16(9-7-15)22-14(2)23;/h4-9,12H,3,10-11,13H2,1-2H3,(H,22,23)(H2,19,20,21);1H. The van der Waals surface area contributed by atoms with Gasteiger partial charge in [-0.15, -0.1) is 35.3 Å². The zero-order chi connectivity index (χ0) is 17.2. The lowest BCUT2D eigenvalue weighted by molar-refractivity contribution is -0.114. The zero-order valence-electron chi connectivity index (χ0n) is 14.5. The Kier molecular flexibility index (Phi) is 10.2. The van der Waals surface area contributed by atoms with Crippen molar-refractivity contribution in [3.05, 3.63) is 52.2 Å². The number of aliphatic imine (C=N–C) groups is 1. The summed E-state index contributed by atoms with van der Waals surface area (Å²) in [4.78, 5) is 16.9. The summed E-state index contributed by atoms with van der Waals surface area (Å²) in [6.07, 6.45) is 0.893. The van der Waals surface area contributed by atoms with E-state index in [1.807, 2.05) is 30.3 Å². The molecule has 0 radical (unpaired) electrons. The molecule has 3 N–H and O–H groups in total. The van der Waals surface area contributed by atoms with Crippen LogP contribution in [-0.4, -0.2) is 25.0 Å². The second-order valence-corrected chi connectivity index (χ2v) is 6.36. The number of nitrogens with zero attached hydrogens (tertiary/aromatic N) is 1. The van der Waals surface area contributed by atoms with Crippen molar-refractivity contribution in [3.63, 3.8) is 0 Å². The number of hydrogen-bond acceptors (Lipinski definition) is 3. The molecule has 0 aliphatic carbocycles. The van der Waals surface area contributed by atoms with Gasteiger partial charge in [0.25, 0.3) is 0 Å². The third kappa shape index (κ3) is 8.35. The number of amides is 1. The first-order valence-electron chi connectivity index (χ1n) is 8.08. The summed E-state index contributed by atoms with van der Waals surface area (Å²) in [7, 11) is 0. The van der Waals surface area contributed by atoms with Crippen molar-refractivity contribution in [2.75, 3.05) is 18.4 Å². The Labute approximate surface area is 170 Å². The first kappa shape index (κ1) is 21.4. The number of carbonyl (C=O) groups excluding carboxylic acids is 1. The van der Waals surface area contributed by atoms with Gasteiger partial charge < -0.3 is 16.0 Å². The number of thiophene rings is 1. The Balaban J connectivity index is 0.00000312. The zero-order valence-corrected chi connectivity index (χ0v) is 17.7. The molecule has 0 fully saturated rings. The average Bonchev–Trinajstić information content (AvgIpc) is 3.07. The van der Waals surface area contributed by atoms with E-state index in [-0.39, 0.29) is 29.9 Å². The summed E-state index contributed by atoms with van der Waals surface area (Å²) in [5, 5.41) is 11.4. The SMILES string of the molecule is CCNC(=NCc1cccs1)NCCc1ccc(NC(C)=O)cc1.I. The van der Waals surface area contributed by atoms with Crippen molar-refractivity contribution in [2.45, 2.75) is 26.8 Å². The van der Waals surface area contributed by atoms with Gasteiger partial charge in [0.1, 0.15) is 0 Å². The molecule has 136 valence electrons. The van der Waals surface area contributed by atoms with Crippen molar-refractivity contribution in [2.24, 2.45) is 4.99 Å². The van der Waals surface area contributed by atoms with Gasteiger partial charge in [0.15, 0.2) is 5.96 Å². The molecule has 2 aromatic rings. The third-order valence-corrected chi connectivity index (χ3v) is 4.16. The molecular weight excluding hydrogens is 447 g/mol. The molecule has 1 aromatic heterocycles. The Bertz CT molecular complexity index is 656. The molecule has 1 aromatic carbocycles. The lowest BCUT2D eigenvalue weighted by Crippen LogP contribution is -2.38. The van der Waals surface area contributed by atoms with Crippen LogP contribution in [0.5, 0.6) is 0 Å². The van der Waals surface area contributed by atoms with Gasteiger partial charge in [0.05, 0.1) is 6.54 Å². The summed E-state index contributed by atoms with van der Waals surface area (Å²) < 4.78 is 0. The molecule has 0 saturated heterocycles. The van der Waals surface area contributed by atoms with E-state index >= 15 is 0 Å². The Morgan fingerprint density at radius 2 is 1.92 bits per heavy atom. The molecule has 0 aliphatic rings. The molecule has 1 amide bonds. The Morgan fingerprint density at radius 1 is 1.16 bits per heavy atom. The maximum Gasteiger partial charge on any atom is 0.221 e. The summed E-state index contributed by atoms with van der Waals surface area (Å²) >= 11 is 1.72. The van der Waals surface area contributed by atoms with Gasteiger partial charge in [0, 0.05) is 30.6 Å². The highest BCUT2D eigenvalue weighted by atomic mass is 127. The van der Waals surface area contributed by atoms with Crippen molar-refractivity contribution in [1.82, 2.24) is 10.6 Å². The van der Waals surface area contributed by atoms with Gasteiger partial charge in [-0.1, -0.05) is 18.2 Å². The van der Waals surface area contributed by atoms with Crippen LogP contribution in [0.1, 0.15) is 24.3 Å². The molecule has 0 atom stereocenters. The molecule has 7 heteroatoms. The fourth-order valence-corrected chi connectivity index (χ4v) is 2.81. The average molecular weight is 472 g/mol. The number of rotatable bonds is 7. The second-order valence-electron chi connectivity index (χ2n) is 5.33. The number of guanidine groups is 1. The van der Waals surface area contributed by atoms with Crippen molar-refractivity contribution in [3.8, 4) is 0 Å². The minimum absolute atomic E-state index is 0. The van der Waals surface area contributed by atoms with E-state index in [1.54, 1.807) is 11.3 Å². The maximum absolute atomic E-state index is 11.0. The maximum atomic E-state index is 11.0. The molecule has 0 bridgehead atoms. The van der Waals surface area contributed by atoms with Crippen LogP contribution in [0, 0.1) is 0 Å². The van der Waals surface area contributed by atoms with Crippen LogP contribution in [0.3, 0.4) is 0 Å². The molecule has 25 heavy (non-hydrogen) atoms. The topological polar surface area (TPSA) is 65.5 Å². The Morgan fingerprint density at radius 3 is 2.52 bits per heavy atom.